The number of carbonyl (C=O) groups excluding carboxylic acids is 1. The van der Waals surface area contributed by atoms with Crippen molar-refractivity contribution < 1.29 is 74.4 Å². The van der Waals surface area contributed by atoms with E-state index in [-0.39, 0.29) is 30.1 Å². The average molecular weight is 613 g/mol. The Hall–Kier alpha value is -3.25. The van der Waals surface area contributed by atoms with Crippen molar-refractivity contribution in [3.63, 3.8) is 0 Å². The number of ketones is 1. The first kappa shape index (κ1) is 32.7. The van der Waals surface area contributed by atoms with E-state index in [1.54, 1.807) is 6.07 Å². The molecule has 0 amide bonds. The number of phenols is 3. The summed E-state index contributed by atoms with van der Waals surface area (Å²) in [7, 11) is 1.40. The van der Waals surface area contributed by atoms with Crippen LogP contribution in [0.2, 0.25) is 0 Å². The molecule has 0 spiro atoms. The zero-order chi connectivity index (χ0) is 31.6. The molecule has 0 aromatic heterocycles. The number of ether oxygens (including phenoxy) is 5. The number of hydrogen-bond acceptors (Lipinski definition) is 15. The highest BCUT2D eigenvalue weighted by atomic mass is 16.8. The Bertz CT molecular complexity index is 1250. The number of phenolic OH excluding ortho intramolecular Hbond substituents is 3. The van der Waals surface area contributed by atoms with Gasteiger partial charge < -0.3 is 69.6 Å². The van der Waals surface area contributed by atoms with Gasteiger partial charge in [-0.05, 0) is 31.0 Å². The summed E-state index contributed by atoms with van der Waals surface area (Å²) in [6, 6.07) is 6.59. The minimum absolute atomic E-state index is 0.110. The summed E-state index contributed by atoms with van der Waals surface area (Å²) in [5.41, 5.74) is 0.208. The lowest BCUT2D eigenvalue weighted by atomic mass is 9.97. The lowest BCUT2D eigenvalue weighted by Crippen LogP contribution is -2.64. The third-order valence-electron chi connectivity index (χ3n) is 7.41. The first-order valence-corrected chi connectivity index (χ1v) is 13.5. The molecule has 10 atom stereocenters. The van der Waals surface area contributed by atoms with Gasteiger partial charge in [-0.2, -0.15) is 0 Å². The van der Waals surface area contributed by atoms with Crippen LogP contribution in [-0.4, -0.2) is 127 Å². The van der Waals surface area contributed by atoms with Gasteiger partial charge in [-0.25, -0.2) is 0 Å². The lowest BCUT2D eigenvalue weighted by Gasteiger charge is -2.45. The normalized spacial score (nSPS) is 32.7. The molecule has 238 valence electrons. The number of methoxy groups -OCH3 is 1. The van der Waals surface area contributed by atoms with E-state index < -0.39 is 90.9 Å². The minimum Gasteiger partial charge on any atom is -0.507 e. The fourth-order valence-electron chi connectivity index (χ4n) is 4.93. The van der Waals surface area contributed by atoms with Crippen molar-refractivity contribution in [2.45, 2.75) is 81.2 Å². The predicted molar refractivity (Wildman–Crippen MR) is 143 cm³/mol. The standard InChI is InChI=1S/C28H36O15/c1-11-21(34)23(36)25(38)27(40-11)43-26-24(37)22(35)19(10-29)42-28(26)41-13-8-16(32)20(17(33)9-13)14(30)5-3-12-4-6-18(39-2)15(31)7-12/h4,6-9,11,19,21-29,31-38H,3,5,10H2,1-2H3/t11-,19-,21-,22+,23-,24+,25-,26+,27-,28+/m0/s1. The van der Waals surface area contributed by atoms with Crippen LogP contribution in [0.4, 0.5) is 0 Å². The van der Waals surface area contributed by atoms with Crippen LogP contribution in [0.1, 0.15) is 29.3 Å². The molecule has 0 saturated carbocycles. The molecule has 0 aliphatic carbocycles. The van der Waals surface area contributed by atoms with Gasteiger partial charge >= 0.3 is 0 Å². The highest BCUT2D eigenvalue weighted by Crippen LogP contribution is 2.37. The van der Waals surface area contributed by atoms with E-state index in [2.05, 4.69) is 0 Å². The van der Waals surface area contributed by atoms with Gasteiger partial charge in [0.15, 0.2) is 29.7 Å². The molecule has 2 aliphatic heterocycles. The first-order valence-electron chi connectivity index (χ1n) is 13.5. The Morgan fingerprint density at radius 3 is 2.12 bits per heavy atom. The van der Waals surface area contributed by atoms with Crippen LogP contribution in [0.25, 0.3) is 0 Å². The monoisotopic (exact) mass is 612 g/mol. The Morgan fingerprint density at radius 2 is 1.51 bits per heavy atom. The number of Topliss-reactive ketones (excluding diaryl/α,β-unsaturated/α-hetero) is 1. The number of carbonyl (C=O) groups is 1. The van der Waals surface area contributed by atoms with E-state index in [4.69, 9.17) is 23.7 Å². The quantitative estimate of drug-likeness (QED) is 0.141. The largest absolute Gasteiger partial charge is 0.507 e. The summed E-state index contributed by atoms with van der Waals surface area (Å²) in [5.74, 6) is -2.04. The van der Waals surface area contributed by atoms with Crippen LogP contribution in [0.5, 0.6) is 28.7 Å². The second-order valence-corrected chi connectivity index (χ2v) is 10.4. The Morgan fingerprint density at radius 1 is 0.837 bits per heavy atom. The van der Waals surface area contributed by atoms with Crippen molar-refractivity contribution in [3.05, 3.63) is 41.5 Å². The van der Waals surface area contributed by atoms with Crippen molar-refractivity contribution in [1.82, 2.24) is 0 Å². The third-order valence-corrected chi connectivity index (χ3v) is 7.41. The van der Waals surface area contributed by atoms with Gasteiger partial charge in [0.25, 0.3) is 0 Å². The van der Waals surface area contributed by atoms with Crippen molar-refractivity contribution >= 4 is 5.78 Å². The molecule has 43 heavy (non-hydrogen) atoms. The number of benzene rings is 2. The Balaban J connectivity index is 1.51. The number of aryl methyl sites for hydroxylation is 1. The van der Waals surface area contributed by atoms with Crippen LogP contribution in [-0.2, 0) is 20.6 Å². The fraction of sp³-hybridized carbons (Fsp3) is 0.536. The molecule has 0 radical (unpaired) electrons. The molecule has 2 saturated heterocycles. The van der Waals surface area contributed by atoms with Gasteiger partial charge in [0.1, 0.15) is 59.4 Å². The molecule has 0 unspecified atom stereocenters. The predicted octanol–water partition coefficient (Wildman–Crippen LogP) is -1.34. The Labute approximate surface area is 245 Å². The van der Waals surface area contributed by atoms with Crippen molar-refractivity contribution in [3.8, 4) is 28.7 Å². The van der Waals surface area contributed by atoms with Crippen LogP contribution in [0.15, 0.2) is 30.3 Å². The zero-order valence-electron chi connectivity index (χ0n) is 23.3. The fourth-order valence-corrected chi connectivity index (χ4v) is 4.93. The smallest absolute Gasteiger partial charge is 0.229 e. The second kappa shape index (κ2) is 13.6. The molecule has 2 aromatic carbocycles. The molecule has 4 rings (SSSR count). The van der Waals surface area contributed by atoms with Gasteiger partial charge in [0.05, 0.1) is 19.8 Å². The number of aromatic hydroxyl groups is 3. The molecule has 15 heteroatoms. The topological polar surface area (TPSA) is 245 Å². The maximum atomic E-state index is 12.9. The molecule has 0 bridgehead atoms. The van der Waals surface area contributed by atoms with Crippen molar-refractivity contribution in [2.75, 3.05) is 13.7 Å². The second-order valence-electron chi connectivity index (χ2n) is 10.4. The van der Waals surface area contributed by atoms with Gasteiger partial charge in [-0.3, -0.25) is 4.79 Å². The van der Waals surface area contributed by atoms with Gasteiger partial charge in [0.2, 0.25) is 6.29 Å². The summed E-state index contributed by atoms with van der Waals surface area (Å²) < 4.78 is 27.2. The van der Waals surface area contributed by atoms with E-state index in [9.17, 15) is 50.8 Å². The number of hydrogen-bond donors (Lipinski definition) is 9. The molecule has 2 aliphatic rings. The van der Waals surface area contributed by atoms with Crippen molar-refractivity contribution in [1.29, 1.82) is 0 Å². The summed E-state index contributed by atoms with van der Waals surface area (Å²) in [4.78, 5) is 12.9. The van der Waals surface area contributed by atoms with Crippen LogP contribution < -0.4 is 9.47 Å². The van der Waals surface area contributed by atoms with Gasteiger partial charge in [0, 0.05) is 18.6 Å². The molecular formula is C28H36O15. The van der Waals surface area contributed by atoms with E-state index >= 15 is 0 Å². The van der Waals surface area contributed by atoms with Crippen molar-refractivity contribution in [2.24, 2.45) is 0 Å². The molecule has 2 heterocycles. The van der Waals surface area contributed by atoms with Gasteiger partial charge in [-0.1, -0.05) is 6.07 Å². The highest BCUT2D eigenvalue weighted by Gasteiger charge is 2.51. The number of aliphatic hydroxyl groups is 6. The van der Waals surface area contributed by atoms with Crippen LogP contribution in [0.3, 0.4) is 0 Å². The van der Waals surface area contributed by atoms with E-state index in [0.29, 0.717) is 5.56 Å². The third kappa shape index (κ3) is 6.95. The maximum Gasteiger partial charge on any atom is 0.229 e. The van der Waals surface area contributed by atoms with E-state index in [1.165, 1.54) is 26.2 Å². The minimum atomic E-state index is -1.79. The molecule has 2 aromatic rings. The molecule has 15 nitrogen and oxygen atoms in total. The SMILES string of the molecule is COc1ccc(CCC(=O)c2c(O)cc(O[C@@H]3O[C@@H](CO)[C@@H](O)[C@@H](O)[C@H]3O[C@@H]3O[C@@H](C)[C@H](O)[C@H](O)[C@@H]3O)cc2O)cc1O. The molecular weight excluding hydrogens is 576 g/mol. The van der Waals surface area contributed by atoms with Crippen LogP contribution in [0, 0.1) is 0 Å². The molecule has 2 fully saturated rings. The highest BCUT2D eigenvalue weighted by molar-refractivity contribution is 6.01. The van der Waals surface area contributed by atoms with E-state index in [0.717, 1.165) is 12.1 Å². The average Bonchev–Trinajstić information content (AvgIpc) is 2.96. The Kier molecular flexibility index (Phi) is 10.3. The van der Waals surface area contributed by atoms with Gasteiger partial charge in [-0.15, -0.1) is 0 Å². The number of rotatable bonds is 10. The summed E-state index contributed by atoms with van der Waals surface area (Å²) in [5, 5.41) is 92.3. The lowest BCUT2D eigenvalue weighted by molar-refractivity contribution is -0.354. The summed E-state index contributed by atoms with van der Waals surface area (Å²) in [6.45, 7) is 0.662. The maximum absolute atomic E-state index is 12.9. The summed E-state index contributed by atoms with van der Waals surface area (Å²) >= 11 is 0. The van der Waals surface area contributed by atoms with Crippen LogP contribution >= 0.6 is 0 Å². The number of aliphatic hydroxyl groups excluding tert-OH is 6. The van der Waals surface area contributed by atoms with E-state index in [1.807, 2.05) is 0 Å². The zero-order valence-corrected chi connectivity index (χ0v) is 23.3. The first-order chi connectivity index (χ1) is 20.4. The molecule has 9 N–H and O–H groups in total. The summed E-state index contributed by atoms with van der Waals surface area (Å²) in [6.07, 6.45) is -15.5.